The van der Waals surface area contributed by atoms with Crippen LogP contribution in [0.15, 0.2) is 6.20 Å². The van der Waals surface area contributed by atoms with E-state index in [1.807, 2.05) is 22.7 Å². The molecule has 0 aromatic carbocycles. The Morgan fingerprint density at radius 2 is 2.29 bits per heavy atom. The highest BCUT2D eigenvalue weighted by atomic mass is 16.5. The highest BCUT2D eigenvalue weighted by Crippen LogP contribution is 2.31. The molecule has 2 heterocycles. The molecule has 7 heteroatoms. The quantitative estimate of drug-likeness (QED) is 0.859. The highest BCUT2D eigenvalue weighted by Gasteiger charge is 2.42. The van der Waals surface area contributed by atoms with Crippen LogP contribution in [0.5, 0.6) is 0 Å². The number of carbonyl (C=O) groups is 1. The topological polar surface area (TPSA) is 68.6 Å². The van der Waals surface area contributed by atoms with Crippen molar-refractivity contribution < 1.29 is 14.3 Å². The maximum atomic E-state index is 12.5. The van der Waals surface area contributed by atoms with Gasteiger partial charge in [-0.2, -0.15) is 5.10 Å². The monoisotopic (exact) mass is 336 g/mol. The molecule has 24 heavy (non-hydrogen) atoms. The fourth-order valence-corrected chi connectivity index (χ4v) is 3.74. The summed E-state index contributed by atoms with van der Waals surface area (Å²) in [5.41, 5.74) is 2.19. The number of hydrogen-bond donors (Lipinski definition) is 1. The Morgan fingerprint density at radius 3 is 3.00 bits per heavy atom. The van der Waals surface area contributed by atoms with Crippen molar-refractivity contribution in [2.45, 2.75) is 51.3 Å². The number of ether oxygens (including phenoxy) is 2. The number of urea groups is 1. The number of likely N-dealkylation sites (tertiary alicyclic amines) is 1. The van der Waals surface area contributed by atoms with E-state index in [0.717, 1.165) is 25.0 Å². The van der Waals surface area contributed by atoms with Gasteiger partial charge in [-0.3, -0.25) is 4.68 Å². The van der Waals surface area contributed by atoms with E-state index in [4.69, 9.17) is 9.47 Å². The first-order chi connectivity index (χ1) is 11.6. The first-order valence-corrected chi connectivity index (χ1v) is 8.79. The van der Waals surface area contributed by atoms with Crippen molar-refractivity contribution in [3.8, 4) is 0 Å². The van der Waals surface area contributed by atoms with Crippen LogP contribution in [0.2, 0.25) is 0 Å². The number of aryl methyl sites for hydroxylation is 1. The molecule has 7 nitrogen and oxygen atoms in total. The van der Waals surface area contributed by atoms with Gasteiger partial charge in [-0.15, -0.1) is 0 Å². The maximum absolute atomic E-state index is 12.5. The number of aromatic nitrogens is 2. The van der Waals surface area contributed by atoms with E-state index >= 15 is 0 Å². The van der Waals surface area contributed by atoms with Gasteiger partial charge in [-0.1, -0.05) is 0 Å². The molecular weight excluding hydrogens is 308 g/mol. The summed E-state index contributed by atoms with van der Waals surface area (Å²) in [5, 5.41) is 7.66. The van der Waals surface area contributed by atoms with E-state index in [-0.39, 0.29) is 17.7 Å². The second-order valence-corrected chi connectivity index (χ2v) is 6.90. The molecule has 1 saturated heterocycles. The molecule has 0 saturated carbocycles. The SMILES string of the molecule is CCOC1(C)CN(C(=O)NC2CCCc3cnn(CCOC)c32)C1. The Labute approximate surface area is 143 Å². The van der Waals surface area contributed by atoms with Crippen molar-refractivity contribution >= 4 is 6.03 Å². The van der Waals surface area contributed by atoms with E-state index in [1.54, 1.807) is 7.11 Å². The summed E-state index contributed by atoms with van der Waals surface area (Å²) < 4.78 is 12.8. The molecule has 1 aromatic rings. The molecule has 1 N–H and O–H groups in total. The number of carbonyl (C=O) groups excluding carboxylic acids is 1. The highest BCUT2D eigenvalue weighted by molar-refractivity contribution is 5.76. The molecular formula is C17H28N4O3. The third-order valence-corrected chi connectivity index (χ3v) is 4.86. The Bertz CT molecular complexity index is 580. The van der Waals surface area contributed by atoms with Crippen molar-refractivity contribution in [3.63, 3.8) is 0 Å². The molecule has 134 valence electrons. The van der Waals surface area contributed by atoms with Crippen LogP contribution in [-0.2, 0) is 22.4 Å². The molecule has 1 atom stereocenters. The fourth-order valence-electron chi connectivity index (χ4n) is 3.74. The van der Waals surface area contributed by atoms with Crippen molar-refractivity contribution in [1.29, 1.82) is 0 Å². The van der Waals surface area contributed by atoms with Gasteiger partial charge in [-0.25, -0.2) is 4.79 Å². The Balaban J connectivity index is 1.63. The van der Waals surface area contributed by atoms with E-state index in [2.05, 4.69) is 17.3 Å². The molecule has 2 aliphatic rings. The molecule has 0 radical (unpaired) electrons. The first kappa shape index (κ1) is 17.2. The number of methoxy groups -OCH3 is 1. The molecule has 2 amide bonds. The zero-order valence-electron chi connectivity index (χ0n) is 14.9. The van der Waals surface area contributed by atoms with Crippen LogP contribution in [0, 0.1) is 0 Å². The number of amides is 2. The summed E-state index contributed by atoms with van der Waals surface area (Å²) in [6.45, 7) is 7.34. The van der Waals surface area contributed by atoms with Crippen LogP contribution in [0.25, 0.3) is 0 Å². The van der Waals surface area contributed by atoms with Crippen LogP contribution < -0.4 is 5.32 Å². The Hall–Kier alpha value is -1.60. The zero-order valence-corrected chi connectivity index (χ0v) is 14.9. The van der Waals surface area contributed by atoms with Gasteiger partial charge in [0.25, 0.3) is 0 Å². The van der Waals surface area contributed by atoms with Gasteiger partial charge < -0.3 is 19.7 Å². The molecule has 1 aliphatic heterocycles. The molecule has 3 rings (SSSR count). The van der Waals surface area contributed by atoms with Gasteiger partial charge in [0.05, 0.1) is 44.2 Å². The lowest BCUT2D eigenvalue weighted by atomic mass is 9.93. The van der Waals surface area contributed by atoms with Crippen LogP contribution in [-0.4, -0.2) is 59.7 Å². The predicted octanol–water partition coefficient (Wildman–Crippen LogP) is 1.73. The van der Waals surface area contributed by atoms with E-state index in [1.165, 1.54) is 5.56 Å². The van der Waals surface area contributed by atoms with Gasteiger partial charge in [-0.05, 0) is 38.7 Å². The first-order valence-electron chi connectivity index (χ1n) is 8.79. The zero-order chi connectivity index (χ0) is 17.2. The lowest BCUT2D eigenvalue weighted by molar-refractivity contribution is -0.110. The molecule has 1 fully saturated rings. The minimum absolute atomic E-state index is 0.00970. The Kier molecular flexibility index (Phi) is 5.10. The summed E-state index contributed by atoms with van der Waals surface area (Å²) in [4.78, 5) is 14.4. The van der Waals surface area contributed by atoms with Crippen LogP contribution in [0.1, 0.15) is 44.0 Å². The summed E-state index contributed by atoms with van der Waals surface area (Å²) in [7, 11) is 1.69. The molecule has 0 spiro atoms. The van der Waals surface area contributed by atoms with Gasteiger partial charge in [0.15, 0.2) is 0 Å². The third kappa shape index (κ3) is 3.42. The van der Waals surface area contributed by atoms with E-state index in [9.17, 15) is 4.79 Å². The summed E-state index contributed by atoms with van der Waals surface area (Å²) in [6.07, 6.45) is 4.98. The minimum atomic E-state index is -0.190. The number of fused-ring (bicyclic) bond motifs is 1. The average Bonchev–Trinajstić information content (AvgIpc) is 2.95. The summed E-state index contributed by atoms with van der Waals surface area (Å²) in [5.74, 6) is 0. The number of hydrogen-bond acceptors (Lipinski definition) is 4. The number of nitrogens with zero attached hydrogens (tertiary/aromatic N) is 3. The molecule has 1 aromatic heterocycles. The largest absolute Gasteiger partial charge is 0.383 e. The van der Waals surface area contributed by atoms with Crippen molar-refractivity contribution in [2.24, 2.45) is 0 Å². The average molecular weight is 336 g/mol. The third-order valence-electron chi connectivity index (χ3n) is 4.86. The second kappa shape index (κ2) is 7.11. The van der Waals surface area contributed by atoms with Crippen LogP contribution in [0.4, 0.5) is 4.79 Å². The summed E-state index contributed by atoms with van der Waals surface area (Å²) >= 11 is 0. The Morgan fingerprint density at radius 1 is 1.50 bits per heavy atom. The molecule has 1 aliphatic carbocycles. The number of rotatable bonds is 6. The molecule has 0 bridgehead atoms. The minimum Gasteiger partial charge on any atom is -0.383 e. The van der Waals surface area contributed by atoms with Gasteiger partial charge in [0, 0.05) is 13.7 Å². The van der Waals surface area contributed by atoms with Gasteiger partial charge in [0.1, 0.15) is 5.60 Å². The fraction of sp³-hybridized carbons (Fsp3) is 0.765. The van der Waals surface area contributed by atoms with Crippen LogP contribution >= 0.6 is 0 Å². The standard InChI is InChI=1S/C17H28N4O3/c1-4-24-17(2)11-20(12-17)16(22)19-14-7-5-6-13-10-18-21(15(13)14)8-9-23-3/h10,14H,4-9,11-12H2,1-3H3,(H,19,22). The number of nitrogens with one attached hydrogen (secondary N) is 1. The van der Waals surface area contributed by atoms with Crippen molar-refractivity contribution in [1.82, 2.24) is 20.0 Å². The smallest absolute Gasteiger partial charge is 0.318 e. The van der Waals surface area contributed by atoms with Gasteiger partial charge in [0.2, 0.25) is 0 Å². The lowest BCUT2D eigenvalue weighted by Gasteiger charge is -2.47. The van der Waals surface area contributed by atoms with E-state index < -0.39 is 0 Å². The maximum Gasteiger partial charge on any atom is 0.318 e. The van der Waals surface area contributed by atoms with Crippen LogP contribution in [0.3, 0.4) is 0 Å². The molecule has 1 unspecified atom stereocenters. The van der Waals surface area contributed by atoms with E-state index in [0.29, 0.717) is 32.8 Å². The lowest BCUT2D eigenvalue weighted by Crippen LogP contribution is -2.65. The normalized spacial score (nSPS) is 22.0. The van der Waals surface area contributed by atoms with Gasteiger partial charge >= 0.3 is 6.03 Å². The predicted molar refractivity (Wildman–Crippen MR) is 89.9 cm³/mol. The second-order valence-electron chi connectivity index (χ2n) is 6.90. The van der Waals surface area contributed by atoms with Crippen molar-refractivity contribution in [3.05, 3.63) is 17.5 Å². The van der Waals surface area contributed by atoms with Crippen molar-refractivity contribution in [2.75, 3.05) is 33.4 Å². The summed E-state index contributed by atoms with van der Waals surface area (Å²) in [6, 6.07) is 0.0177.